The minimum absolute atomic E-state index is 0.0261. The van der Waals surface area contributed by atoms with E-state index in [1.807, 2.05) is 0 Å². The molecule has 0 amide bonds. The molecule has 0 atom stereocenters. The van der Waals surface area contributed by atoms with E-state index >= 15 is 0 Å². The molecule has 116 valence electrons. The zero-order chi connectivity index (χ0) is 16.2. The third-order valence-corrected chi connectivity index (χ3v) is 4.43. The number of nitrogens with zero attached hydrogens (tertiary/aromatic N) is 3. The van der Waals surface area contributed by atoms with E-state index in [0.717, 1.165) is 11.5 Å². The lowest BCUT2D eigenvalue weighted by Crippen LogP contribution is -2.05. The number of hydrogen-bond acceptors (Lipinski definition) is 6. The molecule has 2 aromatic heterocycles. The van der Waals surface area contributed by atoms with E-state index in [9.17, 15) is 4.79 Å². The third kappa shape index (κ3) is 3.50. The van der Waals surface area contributed by atoms with Crippen LogP contribution >= 0.6 is 34.7 Å². The van der Waals surface area contributed by atoms with Gasteiger partial charge in [-0.3, -0.25) is 4.98 Å². The van der Waals surface area contributed by atoms with Gasteiger partial charge >= 0.3 is 5.97 Å². The van der Waals surface area contributed by atoms with Gasteiger partial charge in [0.2, 0.25) is 0 Å². The summed E-state index contributed by atoms with van der Waals surface area (Å²) in [6.07, 6.45) is 3.25. The molecule has 0 N–H and O–H groups in total. The smallest absolute Gasteiger partial charge is 0.352 e. The molecule has 0 bridgehead atoms. The maximum absolute atomic E-state index is 12.3. The first-order valence-electron chi connectivity index (χ1n) is 6.49. The molecule has 1 aromatic carbocycles. The topological polar surface area (TPSA) is 65.0 Å². The van der Waals surface area contributed by atoms with Gasteiger partial charge in [-0.1, -0.05) is 33.8 Å². The Morgan fingerprint density at radius 2 is 1.96 bits per heavy atom. The summed E-state index contributed by atoms with van der Waals surface area (Å²) in [5.41, 5.74) is 1.70. The number of halogens is 2. The molecule has 8 heteroatoms. The quantitative estimate of drug-likeness (QED) is 0.646. The van der Waals surface area contributed by atoms with Gasteiger partial charge in [-0.15, -0.1) is 5.10 Å². The largest absolute Gasteiger partial charge is 0.456 e. The fourth-order valence-electron chi connectivity index (χ4n) is 1.89. The molecule has 0 aliphatic heterocycles. The van der Waals surface area contributed by atoms with Gasteiger partial charge in [-0.25, -0.2) is 4.79 Å². The summed E-state index contributed by atoms with van der Waals surface area (Å²) in [6.45, 7) is -0.0261. The second kappa shape index (κ2) is 7.04. The van der Waals surface area contributed by atoms with Gasteiger partial charge in [0.15, 0.2) is 4.88 Å². The highest BCUT2D eigenvalue weighted by molar-refractivity contribution is 7.08. The van der Waals surface area contributed by atoms with Crippen molar-refractivity contribution in [1.29, 1.82) is 0 Å². The number of benzene rings is 1. The molecule has 3 rings (SSSR count). The molecular weight excluding hydrogens is 357 g/mol. The number of esters is 1. The van der Waals surface area contributed by atoms with Crippen molar-refractivity contribution in [3.8, 4) is 11.3 Å². The SMILES string of the molecule is O=C(OCc1c(Cl)cccc1Cl)c1snnc1-c1cccnc1. The first kappa shape index (κ1) is 15.9. The van der Waals surface area contributed by atoms with Crippen molar-refractivity contribution in [3.05, 3.63) is 63.2 Å². The lowest BCUT2D eigenvalue weighted by atomic mass is 10.2. The van der Waals surface area contributed by atoms with Crippen molar-refractivity contribution >= 4 is 40.7 Å². The van der Waals surface area contributed by atoms with E-state index in [4.69, 9.17) is 27.9 Å². The highest BCUT2D eigenvalue weighted by Crippen LogP contribution is 2.27. The van der Waals surface area contributed by atoms with Gasteiger partial charge < -0.3 is 4.74 Å². The van der Waals surface area contributed by atoms with Crippen LogP contribution in [0.4, 0.5) is 0 Å². The Morgan fingerprint density at radius 1 is 1.17 bits per heavy atom. The van der Waals surface area contributed by atoms with Gasteiger partial charge in [0.1, 0.15) is 12.3 Å². The summed E-state index contributed by atoms with van der Waals surface area (Å²) >= 11 is 13.1. The predicted octanol–water partition coefficient (Wildman–Crippen LogP) is 4.26. The first-order chi connectivity index (χ1) is 11.2. The molecule has 0 fully saturated rings. The summed E-state index contributed by atoms with van der Waals surface area (Å²) in [6, 6.07) is 8.65. The highest BCUT2D eigenvalue weighted by atomic mass is 35.5. The molecule has 0 radical (unpaired) electrons. The lowest BCUT2D eigenvalue weighted by molar-refractivity contribution is 0.0479. The van der Waals surface area contributed by atoms with E-state index in [1.165, 1.54) is 0 Å². The molecule has 5 nitrogen and oxygen atoms in total. The van der Waals surface area contributed by atoms with Crippen molar-refractivity contribution in [2.75, 3.05) is 0 Å². The number of pyridine rings is 1. The minimum atomic E-state index is -0.533. The van der Waals surface area contributed by atoms with Crippen molar-refractivity contribution in [3.63, 3.8) is 0 Å². The summed E-state index contributed by atoms with van der Waals surface area (Å²) in [5.74, 6) is -0.533. The number of rotatable bonds is 4. The standard InChI is InChI=1S/C15H9Cl2N3O2S/c16-11-4-1-5-12(17)10(11)8-22-15(21)14-13(19-20-23-14)9-3-2-6-18-7-9/h1-7H,8H2. The Labute approximate surface area is 146 Å². The molecule has 0 aliphatic carbocycles. The van der Waals surface area contributed by atoms with Crippen LogP contribution in [0.1, 0.15) is 15.2 Å². The van der Waals surface area contributed by atoms with Crippen LogP contribution < -0.4 is 0 Å². The van der Waals surface area contributed by atoms with E-state index in [-0.39, 0.29) is 6.61 Å². The summed E-state index contributed by atoms with van der Waals surface area (Å²) in [4.78, 5) is 16.6. The van der Waals surface area contributed by atoms with Crippen molar-refractivity contribution in [2.24, 2.45) is 0 Å². The lowest BCUT2D eigenvalue weighted by Gasteiger charge is -2.08. The number of hydrogen-bond donors (Lipinski definition) is 0. The van der Waals surface area contributed by atoms with Crippen LogP contribution in [-0.2, 0) is 11.3 Å². The Bertz CT molecular complexity index is 819. The monoisotopic (exact) mass is 365 g/mol. The summed E-state index contributed by atoms with van der Waals surface area (Å²) < 4.78 is 9.12. The average Bonchev–Trinajstić information content (AvgIpc) is 3.05. The normalized spacial score (nSPS) is 10.5. The van der Waals surface area contributed by atoms with E-state index < -0.39 is 5.97 Å². The van der Waals surface area contributed by atoms with Crippen LogP contribution in [0.2, 0.25) is 10.0 Å². The predicted molar refractivity (Wildman–Crippen MR) is 88.7 cm³/mol. The van der Waals surface area contributed by atoms with Crippen LogP contribution in [0.3, 0.4) is 0 Å². The van der Waals surface area contributed by atoms with Gasteiger partial charge in [0.05, 0.1) is 0 Å². The summed E-state index contributed by atoms with van der Waals surface area (Å²) in [5, 5.41) is 4.86. The van der Waals surface area contributed by atoms with Crippen LogP contribution in [0.5, 0.6) is 0 Å². The summed E-state index contributed by atoms with van der Waals surface area (Å²) in [7, 11) is 0. The highest BCUT2D eigenvalue weighted by Gasteiger charge is 2.20. The van der Waals surface area contributed by atoms with Crippen LogP contribution in [0.25, 0.3) is 11.3 Å². The maximum atomic E-state index is 12.3. The Hall–Kier alpha value is -2.02. The van der Waals surface area contributed by atoms with E-state index in [0.29, 0.717) is 31.7 Å². The molecular formula is C15H9Cl2N3O2S. The molecule has 0 spiro atoms. The number of carbonyl (C=O) groups is 1. The maximum Gasteiger partial charge on any atom is 0.352 e. The van der Waals surface area contributed by atoms with Crippen LogP contribution in [0.15, 0.2) is 42.7 Å². The van der Waals surface area contributed by atoms with E-state index in [1.54, 1.807) is 42.7 Å². The third-order valence-electron chi connectivity index (χ3n) is 3.02. The molecule has 3 aromatic rings. The second-order valence-corrected chi connectivity index (χ2v) is 6.04. The number of aromatic nitrogens is 3. The van der Waals surface area contributed by atoms with Gasteiger partial charge in [0, 0.05) is 33.6 Å². The molecule has 0 unspecified atom stereocenters. The zero-order valence-electron chi connectivity index (χ0n) is 11.6. The molecule has 0 aliphatic rings. The molecule has 23 heavy (non-hydrogen) atoms. The van der Waals surface area contributed by atoms with Crippen LogP contribution in [-0.4, -0.2) is 20.5 Å². The molecule has 2 heterocycles. The first-order valence-corrected chi connectivity index (χ1v) is 8.02. The average molecular weight is 366 g/mol. The fourth-order valence-corrected chi connectivity index (χ4v) is 2.98. The number of ether oxygens (including phenoxy) is 1. The Balaban J connectivity index is 1.79. The number of carbonyl (C=O) groups excluding carboxylic acids is 1. The van der Waals surface area contributed by atoms with Gasteiger partial charge in [-0.2, -0.15) is 0 Å². The second-order valence-electron chi connectivity index (χ2n) is 4.47. The van der Waals surface area contributed by atoms with Crippen molar-refractivity contribution in [2.45, 2.75) is 6.61 Å². The van der Waals surface area contributed by atoms with Crippen molar-refractivity contribution in [1.82, 2.24) is 14.6 Å². The minimum Gasteiger partial charge on any atom is -0.456 e. The molecule has 0 saturated heterocycles. The van der Waals surface area contributed by atoms with Crippen molar-refractivity contribution < 1.29 is 9.53 Å². The Morgan fingerprint density at radius 3 is 2.65 bits per heavy atom. The molecule has 0 saturated carbocycles. The van der Waals surface area contributed by atoms with Gasteiger partial charge in [-0.05, 0) is 35.8 Å². The fraction of sp³-hybridized carbons (Fsp3) is 0.0667. The van der Waals surface area contributed by atoms with Gasteiger partial charge in [0.25, 0.3) is 0 Å². The van der Waals surface area contributed by atoms with Crippen LogP contribution in [0, 0.1) is 0 Å². The van der Waals surface area contributed by atoms with E-state index in [2.05, 4.69) is 14.6 Å². The Kier molecular flexibility index (Phi) is 4.85. The zero-order valence-corrected chi connectivity index (χ0v) is 13.9.